The maximum atomic E-state index is 8.86. The summed E-state index contributed by atoms with van der Waals surface area (Å²) in [6.45, 7) is 0. The predicted molar refractivity (Wildman–Crippen MR) is 37.8 cm³/mol. The number of hydrogen-bond donors (Lipinski definition) is 1. The topological polar surface area (TPSA) is 44.0 Å². The lowest BCUT2D eigenvalue weighted by molar-refractivity contribution is 0.475. The molecule has 0 aliphatic heterocycles. The number of nitrogens with zero attached hydrogens (tertiary/aromatic N) is 1. The Morgan fingerprint density at radius 3 is 2.70 bits per heavy atom. The number of rotatable bonds is 0. The van der Waals surface area contributed by atoms with E-state index in [1.54, 1.807) is 0 Å². The van der Waals surface area contributed by atoms with E-state index in [-0.39, 0.29) is 5.75 Å². The summed E-state index contributed by atoms with van der Waals surface area (Å²) < 4.78 is 0. The van der Waals surface area contributed by atoms with E-state index < -0.39 is 0 Å². The van der Waals surface area contributed by atoms with Crippen LogP contribution in [0.4, 0.5) is 0 Å². The Labute approximate surface area is 63.3 Å². The van der Waals surface area contributed by atoms with Gasteiger partial charge in [0, 0.05) is 0 Å². The molecule has 0 spiro atoms. The Morgan fingerprint density at radius 1 is 1.50 bits per heavy atom. The molecule has 0 bridgehead atoms. The largest absolute Gasteiger partial charge is 0.508 e. The zero-order valence-electron chi connectivity index (χ0n) is 5.00. The highest BCUT2D eigenvalue weighted by Gasteiger charge is 1.97. The molecule has 1 aromatic carbocycles. The molecule has 0 aliphatic rings. The van der Waals surface area contributed by atoms with Crippen LogP contribution in [0.5, 0.6) is 5.75 Å². The maximum Gasteiger partial charge on any atom is 0.117 e. The van der Waals surface area contributed by atoms with Crippen molar-refractivity contribution in [1.82, 2.24) is 0 Å². The fraction of sp³-hybridized carbons (Fsp3) is 0. The minimum atomic E-state index is 0.0564. The summed E-state index contributed by atoms with van der Waals surface area (Å²) in [6.07, 6.45) is 0. The van der Waals surface area contributed by atoms with Crippen LogP contribution >= 0.6 is 11.6 Å². The molecule has 0 saturated heterocycles. The van der Waals surface area contributed by atoms with Crippen LogP contribution < -0.4 is 0 Å². The Bertz CT molecular complexity index is 290. The lowest BCUT2D eigenvalue weighted by Crippen LogP contribution is -1.74. The van der Waals surface area contributed by atoms with Crippen molar-refractivity contribution in [2.24, 2.45) is 0 Å². The zero-order chi connectivity index (χ0) is 7.56. The highest BCUT2D eigenvalue weighted by Crippen LogP contribution is 2.19. The summed E-state index contributed by atoms with van der Waals surface area (Å²) in [5.74, 6) is 0.0564. The van der Waals surface area contributed by atoms with E-state index in [0.29, 0.717) is 10.6 Å². The number of halogens is 1. The molecule has 50 valence electrons. The van der Waals surface area contributed by atoms with Crippen LogP contribution in [0.2, 0.25) is 5.02 Å². The van der Waals surface area contributed by atoms with Gasteiger partial charge in [0.2, 0.25) is 0 Å². The highest BCUT2D eigenvalue weighted by atomic mass is 35.5. The Kier molecular flexibility index (Phi) is 1.79. The van der Waals surface area contributed by atoms with Gasteiger partial charge >= 0.3 is 0 Å². The molecule has 1 rings (SSSR count). The number of aromatic hydroxyl groups is 1. The molecule has 0 aliphatic carbocycles. The monoisotopic (exact) mass is 153 g/mol. The van der Waals surface area contributed by atoms with Gasteiger partial charge in [0.1, 0.15) is 11.8 Å². The normalized spacial score (nSPS) is 8.80. The molecule has 0 fully saturated rings. The van der Waals surface area contributed by atoms with Crippen molar-refractivity contribution in [1.29, 1.82) is 5.26 Å². The third-order valence-electron chi connectivity index (χ3n) is 1.07. The smallest absolute Gasteiger partial charge is 0.117 e. The molecule has 1 aromatic rings. The second kappa shape index (κ2) is 2.59. The molecule has 0 aromatic heterocycles. The third-order valence-corrected chi connectivity index (χ3v) is 1.40. The van der Waals surface area contributed by atoms with Gasteiger partial charge in [-0.15, -0.1) is 0 Å². The summed E-state index contributed by atoms with van der Waals surface area (Å²) in [4.78, 5) is 0. The van der Waals surface area contributed by atoms with Gasteiger partial charge in [-0.2, -0.15) is 5.26 Å². The number of nitriles is 1. The van der Waals surface area contributed by atoms with Crippen molar-refractivity contribution in [3.05, 3.63) is 28.8 Å². The predicted octanol–water partition coefficient (Wildman–Crippen LogP) is 1.92. The van der Waals surface area contributed by atoms with Gasteiger partial charge < -0.3 is 5.11 Å². The summed E-state index contributed by atoms with van der Waals surface area (Å²) in [5, 5.41) is 17.6. The summed E-state index contributed by atoms with van der Waals surface area (Å²) in [6, 6.07) is 6.08. The van der Waals surface area contributed by atoms with Crippen LogP contribution in [0.3, 0.4) is 0 Å². The molecule has 2 nitrogen and oxygen atoms in total. The molecule has 1 N–H and O–H groups in total. The molecular formula is C7H4ClNO. The van der Waals surface area contributed by atoms with Gasteiger partial charge in [-0.25, -0.2) is 0 Å². The third kappa shape index (κ3) is 1.20. The zero-order valence-corrected chi connectivity index (χ0v) is 5.76. The quantitative estimate of drug-likeness (QED) is 0.619. The van der Waals surface area contributed by atoms with Gasteiger partial charge in [-0.05, 0) is 18.2 Å². The molecule has 0 amide bonds. The van der Waals surface area contributed by atoms with Crippen LogP contribution in [0, 0.1) is 11.3 Å². The highest BCUT2D eigenvalue weighted by molar-refractivity contribution is 6.31. The van der Waals surface area contributed by atoms with Crippen molar-refractivity contribution in [2.75, 3.05) is 0 Å². The van der Waals surface area contributed by atoms with E-state index in [4.69, 9.17) is 22.0 Å². The maximum absolute atomic E-state index is 8.86. The van der Waals surface area contributed by atoms with Crippen LogP contribution in [0.15, 0.2) is 18.2 Å². The van der Waals surface area contributed by atoms with E-state index in [2.05, 4.69) is 0 Å². The standard InChI is InChI=1S/C7H4ClNO/c8-7-2-1-6(10)3-5(7)4-9/h1-3,10H. The average molecular weight is 154 g/mol. The molecule has 0 radical (unpaired) electrons. The number of benzene rings is 1. The molecule has 0 saturated carbocycles. The van der Waals surface area contributed by atoms with Crippen molar-refractivity contribution < 1.29 is 5.11 Å². The van der Waals surface area contributed by atoms with Gasteiger partial charge in [-0.1, -0.05) is 11.6 Å². The molecule has 0 heterocycles. The number of phenolic OH excluding ortho intramolecular Hbond substituents is 1. The first-order valence-corrected chi connectivity index (χ1v) is 3.00. The minimum absolute atomic E-state index is 0.0564. The fourth-order valence-electron chi connectivity index (χ4n) is 0.599. The van der Waals surface area contributed by atoms with Crippen molar-refractivity contribution >= 4 is 11.6 Å². The first kappa shape index (κ1) is 6.91. The summed E-state index contributed by atoms with van der Waals surface area (Å²) >= 11 is 5.56. The molecule has 10 heavy (non-hydrogen) atoms. The van der Waals surface area contributed by atoms with Crippen LogP contribution in [-0.2, 0) is 0 Å². The van der Waals surface area contributed by atoms with Crippen LogP contribution in [0.25, 0.3) is 0 Å². The van der Waals surface area contributed by atoms with Gasteiger partial charge in [0.15, 0.2) is 0 Å². The van der Waals surface area contributed by atoms with Gasteiger partial charge in [-0.3, -0.25) is 0 Å². The number of phenols is 1. The molecular weight excluding hydrogens is 150 g/mol. The van der Waals surface area contributed by atoms with Crippen LogP contribution in [-0.4, -0.2) is 5.11 Å². The average Bonchev–Trinajstić information content (AvgIpc) is 1.94. The van der Waals surface area contributed by atoms with Crippen molar-refractivity contribution in [3.63, 3.8) is 0 Å². The van der Waals surface area contributed by atoms with E-state index >= 15 is 0 Å². The molecule has 0 unspecified atom stereocenters. The first-order chi connectivity index (χ1) is 4.74. The Balaban J connectivity index is 3.25. The van der Waals surface area contributed by atoms with E-state index in [1.165, 1.54) is 18.2 Å². The molecule has 0 atom stereocenters. The Morgan fingerprint density at radius 2 is 2.20 bits per heavy atom. The summed E-state index contributed by atoms with van der Waals surface area (Å²) in [5.41, 5.74) is 0.293. The summed E-state index contributed by atoms with van der Waals surface area (Å²) in [7, 11) is 0. The second-order valence-electron chi connectivity index (χ2n) is 1.78. The van der Waals surface area contributed by atoms with E-state index in [0.717, 1.165) is 0 Å². The number of hydrogen-bond acceptors (Lipinski definition) is 2. The molecule has 3 heteroatoms. The second-order valence-corrected chi connectivity index (χ2v) is 2.18. The van der Waals surface area contributed by atoms with Gasteiger partial charge in [0.05, 0.1) is 10.6 Å². The van der Waals surface area contributed by atoms with Crippen molar-refractivity contribution in [2.45, 2.75) is 0 Å². The van der Waals surface area contributed by atoms with Crippen LogP contribution in [0.1, 0.15) is 5.56 Å². The van der Waals surface area contributed by atoms with E-state index in [1.807, 2.05) is 6.07 Å². The van der Waals surface area contributed by atoms with Gasteiger partial charge in [0.25, 0.3) is 0 Å². The fourth-order valence-corrected chi connectivity index (χ4v) is 0.759. The lowest BCUT2D eigenvalue weighted by Gasteiger charge is -1.93. The minimum Gasteiger partial charge on any atom is -0.508 e. The lowest BCUT2D eigenvalue weighted by atomic mass is 10.2. The van der Waals surface area contributed by atoms with E-state index in [9.17, 15) is 0 Å². The SMILES string of the molecule is N#Cc1cc(O)ccc1Cl. The Hall–Kier alpha value is -1.20. The first-order valence-electron chi connectivity index (χ1n) is 2.62. The van der Waals surface area contributed by atoms with Crippen molar-refractivity contribution in [3.8, 4) is 11.8 Å².